The summed E-state index contributed by atoms with van der Waals surface area (Å²) in [4.78, 5) is 4.24. The fourth-order valence-electron chi connectivity index (χ4n) is 1.93. The van der Waals surface area contributed by atoms with Crippen LogP contribution in [0.2, 0.25) is 0 Å². The lowest BCUT2D eigenvalue weighted by Gasteiger charge is -2.09. The van der Waals surface area contributed by atoms with Crippen LogP contribution in [0.1, 0.15) is 11.1 Å². The van der Waals surface area contributed by atoms with Crippen LogP contribution >= 0.6 is 0 Å². The Bertz CT molecular complexity index is 737. The van der Waals surface area contributed by atoms with Crippen molar-refractivity contribution in [3.8, 4) is 5.75 Å². The maximum absolute atomic E-state index is 11.7. The number of pyridine rings is 1. The lowest BCUT2D eigenvalue weighted by atomic mass is 10.2. The van der Waals surface area contributed by atoms with Gasteiger partial charge in [0.15, 0.2) is 0 Å². The van der Waals surface area contributed by atoms with Crippen molar-refractivity contribution in [2.45, 2.75) is 11.5 Å². The van der Waals surface area contributed by atoms with Gasteiger partial charge in [0.2, 0.25) is 9.84 Å². The Kier molecular flexibility index (Phi) is 2.83. The zero-order valence-electron chi connectivity index (χ0n) is 9.98. The Labute approximate surface area is 111 Å². The molecule has 0 fully saturated rings. The van der Waals surface area contributed by atoms with Crippen molar-refractivity contribution in [2.24, 2.45) is 0 Å². The number of hydrogen-bond acceptors (Lipinski definition) is 4. The molecule has 0 unspecified atom stereocenters. The molecule has 0 spiro atoms. The summed E-state index contributed by atoms with van der Waals surface area (Å²) in [6.07, 6.45) is 4.96. The van der Waals surface area contributed by atoms with Crippen molar-refractivity contribution >= 4 is 15.9 Å². The van der Waals surface area contributed by atoms with Crippen molar-refractivity contribution < 1.29 is 13.2 Å². The van der Waals surface area contributed by atoms with Crippen molar-refractivity contribution in [1.82, 2.24) is 4.98 Å². The molecule has 5 heteroatoms. The molecule has 0 radical (unpaired) electrons. The average Bonchev–Trinajstić information content (AvgIpc) is 2.74. The molecule has 1 aliphatic heterocycles. The summed E-state index contributed by atoms with van der Waals surface area (Å²) < 4.78 is 29.1. The van der Waals surface area contributed by atoms with Crippen LogP contribution < -0.4 is 4.74 Å². The standard InChI is InChI=1S/C14H11NO3S/c16-19(17)9-6-12-13(2-1-3-14(12)19)18-10-11-4-7-15-8-5-11/h1-9H,10H2. The van der Waals surface area contributed by atoms with Gasteiger partial charge in [-0.15, -0.1) is 0 Å². The topological polar surface area (TPSA) is 56.3 Å². The third kappa shape index (κ3) is 2.24. The van der Waals surface area contributed by atoms with E-state index in [4.69, 9.17) is 4.74 Å². The SMILES string of the molecule is O=S1(=O)C=Cc2c(OCc3ccncc3)cccc21. The van der Waals surface area contributed by atoms with Crippen molar-refractivity contribution in [1.29, 1.82) is 0 Å². The molecule has 2 aromatic rings. The van der Waals surface area contributed by atoms with Gasteiger partial charge in [0, 0.05) is 23.4 Å². The predicted octanol–water partition coefficient (Wildman–Crippen LogP) is 2.42. The average molecular weight is 273 g/mol. The molecule has 3 rings (SSSR count). The van der Waals surface area contributed by atoms with Gasteiger partial charge in [-0.25, -0.2) is 8.42 Å². The van der Waals surface area contributed by atoms with Gasteiger partial charge in [-0.3, -0.25) is 4.98 Å². The Balaban J connectivity index is 1.88. The minimum Gasteiger partial charge on any atom is -0.488 e. The Morgan fingerprint density at radius 1 is 1.11 bits per heavy atom. The molecule has 96 valence electrons. The Hall–Kier alpha value is -2.14. The van der Waals surface area contributed by atoms with Crippen LogP contribution in [0.5, 0.6) is 5.75 Å². The van der Waals surface area contributed by atoms with Crippen molar-refractivity contribution in [2.75, 3.05) is 0 Å². The van der Waals surface area contributed by atoms with Crippen LogP contribution in [0.3, 0.4) is 0 Å². The largest absolute Gasteiger partial charge is 0.488 e. The number of nitrogens with zero attached hydrogens (tertiary/aromatic N) is 1. The molecule has 0 atom stereocenters. The first-order chi connectivity index (χ1) is 9.17. The first kappa shape index (κ1) is 11.9. The third-order valence-corrected chi connectivity index (χ3v) is 4.35. The van der Waals surface area contributed by atoms with E-state index in [1.54, 1.807) is 36.7 Å². The molecule has 2 heterocycles. The monoisotopic (exact) mass is 273 g/mol. The minimum absolute atomic E-state index is 0.305. The number of fused-ring (bicyclic) bond motifs is 1. The number of ether oxygens (including phenoxy) is 1. The molecule has 0 aliphatic carbocycles. The summed E-state index contributed by atoms with van der Waals surface area (Å²) >= 11 is 0. The fourth-order valence-corrected chi connectivity index (χ4v) is 3.14. The number of aromatic nitrogens is 1. The second kappa shape index (κ2) is 4.51. The highest BCUT2D eigenvalue weighted by Gasteiger charge is 2.23. The Morgan fingerprint density at radius 3 is 2.68 bits per heavy atom. The van der Waals surface area contributed by atoms with Gasteiger partial charge in [-0.05, 0) is 35.9 Å². The molecule has 0 saturated carbocycles. The van der Waals surface area contributed by atoms with E-state index in [1.807, 2.05) is 12.1 Å². The highest BCUT2D eigenvalue weighted by Crippen LogP contribution is 2.34. The number of sulfone groups is 1. The lowest BCUT2D eigenvalue weighted by molar-refractivity contribution is 0.304. The van der Waals surface area contributed by atoms with E-state index in [0.717, 1.165) is 5.56 Å². The van der Waals surface area contributed by atoms with Crippen LogP contribution in [-0.2, 0) is 16.4 Å². The molecule has 0 bridgehead atoms. The quantitative estimate of drug-likeness (QED) is 0.861. The van der Waals surface area contributed by atoms with E-state index < -0.39 is 9.84 Å². The number of benzene rings is 1. The second-order valence-corrected chi connectivity index (χ2v) is 5.96. The van der Waals surface area contributed by atoms with Crippen LogP contribution in [0.25, 0.3) is 6.08 Å². The highest BCUT2D eigenvalue weighted by molar-refractivity contribution is 7.94. The summed E-state index contributed by atoms with van der Waals surface area (Å²) in [5, 5.41) is 1.21. The molecule has 1 aromatic heterocycles. The molecule has 4 nitrogen and oxygen atoms in total. The smallest absolute Gasteiger partial charge is 0.200 e. The summed E-state index contributed by atoms with van der Waals surface area (Å²) in [6, 6.07) is 8.76. The maximum Gasteiger partial charge on any atom is 0.200 e. The molecule has 0 amide bonds. The van der Waals surface area contributed by atoms with E-state index >= 15 is 0 Å². The zero-order valence-corrected chi connectivity index (χ0v) is 10.8. The minimum atomic E-state index is -3.28. The van der Waals surface area contributed by atoms with Gasteiger partial charge in [0.05, 0.1) is 4.90 Å². The van der Waals surface area contributed by atoms with E-state index in [-0.39, 0.29) is 0 Å². The van der Waals surface area contributed by atoms with Crippen molar-refractivity contribution in [3.05, 3.63) is 59.3 Å². The van der Waals surface area contributed by atoms with Crippen LogP contribution in [0, 0.1) is 0 Å². The molecular formula is C14H11NO3S. The second-order valence-electron chi connectivity index (χ2n) is 4.16. The van der Waals surface area contributed by atoms with Gasteiger partial charge < -0.3 is 4.74 Å². The van der Waals surface area contributed by atoms with Crippen LogP contribution in [0.4, 0.5) is 0 Å². The molecular weight excluding hydrogens is 262 g/mol. The van der Waals surface area contributed by atoms with E-state index in [9.17, 15) is 8.42 Å². The molecule has 0 N–H and O–H groups in total. The van der Waals surface area contributed by atoms with E-state index in [1.165, 1.54) is 5.41 Å². The van der Waals surface area contributed by atoms with Gasteiger partial charge in [-0.1, -0.05) is 6.07 Å². The predicted molar refractivity (Wildman–Crippen MR) is 71.2 cm³/mol. The fraction of sp³-hybridized carbons (Fsp3) is 0.0714. The summed E-state index contributed by atoms with van der Waals surface area (Å²) in [5.74, 6) is 0.576. The number of hydrogen-bond donors (Lipinski definition) is 0. The van der Waals surface area contributed by atoms with E-state index in [0.29, 0.717) is 22.8 Å². The van der Waals surface area contributed by atoms with Gasteiger partial charge >= 0.3 is 0 Å². The van der Waals surface area contributed by atoms with E-state index in [2.05, 4.69) is 4.98 Å². The lowest BCUT2D eigenvalue weighted by Crippen LogP contribution is -1.99. The highest BCUT2D eigenvalue weighted by atomic mass is 32.2. The first-order valence-electron chi connectivity index (χ1n) is 5.75. The Morgan fingerprint density at radius 2 is 1.89 bits per heavy atom. The molecule has 1 aromatic carbocycles. The van der Waals surface area contributed by atoms with Crippen LogP contribution in [0.15, 0.2) is 53.0 Å². The van der Waals surface area contributed by atoms with Gasteiger partial charge in [-0.2, -0.15) is 0 Å². The summed E-state index contributed by atoms with van der Waals surface area (Å²) in [7, 11) is -3.28. The van der Waals surface area contributed by atoms with Gasteiger partial charge in [0.25, 0.3) is 0 Å². The molecule has 0 saturated heterocycles. The van der Waals surface area contributed by atoms with Crippen LogP contribution in [-0.4, -0.2) is 13.4 Å². The molecule has 19 heavy (non-hydrogen) atoms. The summed E-state index contributed by atoms with van der Waals surface area (Å²) in [6.45, 7) is 0.382. The first-order valence-corrected chi connectivity index (χ1v) is 7.29. The third-order valence-electron chi connectivity index (χ3n) is 2.89. The normalized spacial score (nSPS) is 15.2. The van der Waals surface area contributed by atoms with Crippen molar-refractivity contribution in [3.63, 3.8) is 0 Å². The zero-order chi connectivity index (χ0) is 13.3. The maximum atomic E-state index is 11.7. The summed E-state index contributed by atoms with van der Waals surface area (Å²) in [5.41, 5.74) is 1.61. The molecule has 1 aliphatic rings. The number of rotatable bonds is 3. The van der Waals surface area contributed by atoms with Gasteiger partial charge in [0.1, 0.15) is 12.4 Å².